The molecule has 2 aromatic rings. The number of nitrogens with zero attached hydrogens (tertiary/aromatic N) is 2. The number of carbonyl (C=O) groups excluding carboxylic acids is 2. The molecular weight excluding hydrogens is 382 g/mol. The van der Waals surface area contributed by atoms with E-state index in [1.807, 2.05) is 24.3 Å². The van der Waals surface area contributed by atoms with Gasteiger partial charge in [-0.05, 0) is 73.8 Å². The van der Waals surface area contributed by atoms with Crippen LogP contribution in [-0.2, 0) is 16.1 Å². The first-order valence-electron chi connectivity index (χ1n) is 10.8. The highest BCUT2D eigenvalue weighted by molar-refractivity contribution is 7.18. The number of fused-ring (bicyclic) bond motifs is 1. The third-order valence-electron chi connectivity index (χ3n) is 7.27. The maximum atomic E-state index is 12.6. The Hall–Kier alpha value is -1.95. The summed E-state index contributed by atoms with van der Waals surface area (Å²) < 4.78 is 1.13. The van der Waals surface area contributed by atoms with Gasteiger partial charge >= 0.3 is 0 Å². The van der Waals surface area contributed by atoms with E-state index < -0.39 is 0 Å². The smallest absolute Gasteiger partial charge is 0.242 e. The topological polar surface area (TPSA) is 62.3 Å². The SMILES string of the molecule is CN(Cc1nc2ccccc2s1)C(=O)CNC(=O)CC12CC3CC(CC(C3)C1)C2. The molecule has 4 aliphatic carbocycles. The average molecular weight is 412 g/mol. The highest BCUT2D eigenvalue weighted by atomic mass is 32.1. The number of benzene rings is 1. The number of para-hydroxylation sites is 1. The van der Waals surface area contributed by atoms with Gasteiger partial charge in [-0.3, -0.25) is 9.59 Å². The zero-order valence-corrected chi connectivity index (χ0v) is 17.8. The van der Waals surface area contributed by atoms with Gasteiger partial charge < -0.3 is 10.2 Å². The van der Waals surface area contributed by atoms with Crippen molar-refractivity contribution in [3.63, 3.8) is 0 Å². The highest BCUT2D eigenvalue weighted by Gasteiger charge is 2.51. The predicted molar refractivity (Wildman–Crippen MR) is 114 cm³/mol. The normalized spacial score (nSPS) is 29.9. The van der Waals surface area contributed by atoms with Crippen LogP contribution in [0.4, 0.5) is 0 Å². The van der Waals surface area contributed by atoms with E-state index in [-0.39, 0.29) is 23.8 Å². The maximum absolute atomic E-state index is 12.6. The quantitative estimate of drug-likeness (QED) is 0.782. The number of carbonyl (C=O) groups is 2. The van der Waals surface area contributed by atoms with Crippen molar-refractivity contribution in [3.05, 3.63) is 29.3 Å². The van der Waals surface area contributed by atoms with E-state index in [1.54, 1.807) is 23.3 Å². The van der Waals surface area contributed by atoms with Crippen molar-refractivity contribution in [3.8, 4) is 0 Å². The van der Waals surface area contributed by atoms with Gasteiger partial charge in [0.15, 0.2) is 0 Å². The number of hydrogen-bond acceptors (Lipinski definition) is 4. The van der Waals surface area contributed by atoms with Gasteiger partial charge in [0.25, 0.3) is 0 Å². The Morgan fingerprint density at radius 1 is 1.14 bits per heavy atom. The summed E-state index contributed by atoms with van der Waals surface area (Å²) >= 11 is 1.61. The second-order valence-corrected chi connectivity index (χ2v) is 10.8. The molecule has 0 saturated heterocycles. The van der Waals surface area contributed by atoms with Gasteiger partial charge in [-0.15, -0.1) is 11.3 Å². The first-order valence-corrected chi connectivity index (χ1v) is 11.6. The van der Waals surface area contributed by atoms with Crippen molar-refractivity contribution >= 4 is 33.4 Å². The molecule has 1 aromatic carbocycles. The second-order valence-electron chi connectivity index (χ2n) is 9.70. The standard InChI is InChI=1S/C23H29N3O2S/c1-26(14-21-25-18-4-2-3-5-19(18)29-21)22(28)13-24-20(27)12-23-9-15-6-16(10-23)8-17(7-15)11-23/h2-5,15-17H,6-14H2,1H3,(H,24,27). The number of amides is 2. The highest BCUT2D eigenvalue weighted by Crippen LogP contribution is 2.61. The van der Waals surface area contributed by atoms with Gasteiger partial charge in [-0.2, -0.15) is 0 Å². The maximum Gasteiger partial charge on any atom is 0.242 e. The van der Waals surface area contributed by atoms with Crippen molar-refractivity contribution in [1.82, 2.24) is 15.2 Å². The van der Waals surface area contributed by atoms with Crippen LogP contribution in [0, 0.1) is 23.2 Å². The summed E-state index contributed by atoms with van der Waals surface area (Å²) in [7, 11) is 1.78. The van der Waals surface area contributed by atoms with Crippen LogP contribution in [0.25, 0.3) is 10.2 Å². The fraction of sp³-hybridized carbons (Fsp3) is 0.609. The van der Waals surface area contributed by atoms with Gasteiger partial charge in [0.05, 0.1) is 23.3 Å². The first kappa shape index (κ1) is 19.0. The van der Waals surface area contributed by atoms with E-state index in [0.29, 0.717) is 13.0 Å². The monoisotopic (exact) mass is 411 g/mol. The Labute approximate surface area is 175 Å². The molecule has 0 radical (unpaired) electrons. The number of hydrogen-bond donors (Lipinski definition) is 1. The molecule has 0 aliphatic heterocycles. The molecule has 4 fully saturated rings. The van der Waals surface area contributed by atoms with Crippen LogP contribution in [-0.4, -0.2) is 35.3 Å². The molecule has 4 bridgehead atoms. The lowest BCUT2D eigenvalue weighted by molar-refractivity contribution is -0.135. The molecule has 0 atom stereocenters. The van der Waals surface area contributed by atoms with Crippen molar-refractivity contribution in [2.45, 2.75) is 51.5 Å². The van der Waals surface area contributed by atoms with Crippen molar-refractivity contribution in [2.24, 2.45) is 23.2 Å². The Morgan fingerprint density at radius 3 is 2.45 bits per heavy atom. The van der Waals surface area contributed by atoms with Gasteiger partial charge in [0.2, 0.25) is 11.8 Å². The van der Waals surface area contributed by atoms with Gasteiger partial charge in [-0.25, -0.2) is 4.98 Å². The number of nitrogens with one attached hydrogen (secondary N) is 1. The molecule has 1 heterocycles. The largest absolute Gasteiger partial charge is 0.347 e. The number of aromatic nitrogens is 1. The second kappa shape index (κ2) is 7.38. The lowest BCUT2D eigenvalue weighted by atomic mass is 9.49. The summed E-state index contributed by atoms with van der Waals surface area (Å²) in [5, 5.41) is 3.82. The van der Waals surface area contributed by atoms with Crippen LogP contribution >= 0.6 is 11.3 Å². The molecule has 1 aromatic heterocycles. The number of likely N-dealkylation sites (N-methyl/N-ethyl adjacent to an activating group) is 1. The van der Waals surface area contributed by atoms with E-state index in [9.17, 15) is 9.59 Å². The number of thiazole rings is 1. The van der Waals surface area contributed by atoms with Crippen LogP contribution in [0.3, 0.4) is 0 Å². The molecule has 6 heteroatoms. The van der Waals surface area contributed by atoms with E-state index in [2.05, 4.69) is 10.3 Å². The van der Waals surface area contributed by atoms with Crippen LogP contribution < -0.4 is 5.32 Å². The predicted octanol–water partition coefficient (Wildman–Crippen LogP) is 3.98. The lowest BCUT2D eigenvalue weighted by Gasteiger charge is -2.56. The summed E-state index contributed by atoms with van der Waals surface area (Å²) in [4.78, 5) is 31.4. The zero-order chi connectivity index (χ0) is 20.0. The van der Waals surface area contributed by atoms with Gasteiger partial charge in [0, 0.05) is 13.5 Å². The summed E-state index contributed by atoms with van der Waals surface area (Å²) in [5.41, 5.74) is 1.19. The fourth-order valence-electron chi connectivity index (χ4n) is 6.50. The Balaban J connectivity index is 1.13. The van der Waals surface area contributed by atoms with Crippen molar-refractivity contribution in [2.75, 3.05) is 13.6 Å². The molecule has 2 amide bonds. The first-order chi connectivity index (χ1) is 14.0. The van der Waals surface area contributed by atoms with E-state index in [0.717, 1.165) is 33.0 Å². The molecule has 154 valence electrons. The third kappa shape index (κ3) is 3.91. The van der Waals surface area contributed by atoms with E-state index in [1.165, 1.54) is 38.5 Å². The van der Waals surface area contributed by atoms with Crippen LogP contribution in [0.5, 0.6) is 0 Å². The van der Waals surface area contributed by atoms with Gasteiger partial charge in [0.1, 0.15) is 5.01 Å². The Morgan fingerprint density at radius 2 is 1.79 bits per heavy atom. The average Bonchev–Trinajstić information content (AvgIpc) is 3.06. The molecule has 29 heavy (non-hydrogen) atoms. The molecule has 4 saturated carbocycles. The zero-order valence-electron chi connectivity index (χ0n) is 17.0. The summed E-state index contributed by atoms with van der Waals surface area (Å²) in [5.74, 6) is 2.51. The van der Waals surface area contributed by atoms with Gasteiger partial charge in [-0.1, -0.05) is 12.1 Å². The molecule has 6 rings (SSSR count). The minimum atomic E-state index is -0.0666. The van der Waals surface area contributed by atoms with E-state index >= 15 is 0 Å². The van der Waals surface area contributed by atoms with Crippen LogP contribution in [0.2, 0.25) is 0 Å². The van der Waals surface area contributed by atoms with E-state index in [4.69, 9.17) is 0 Å². The summed E-state index contributed by atoms with van der Waals surface area (Å²) in [6.45, 7) is 0.551. The number of rotatable bonds is 6. The van der Waals surface area contributed by atoms with Crippen LogP contribution in [0.1, 0.15) is 50.0 Å². The minimum Gasteiger partial charge on any atom is -0.347 e. The molecule has 1 N–H and O–H groups in total. The summed E-state index contributed by atoms with van der Waals surface area (Å²) in [6.07, 6.45) is 8.42. The molecule has 5 nitrogen and oxygen atoms in total. The Bertz CT molecular complexity index is 869. The van der Waals surface area contributed by atoms with Crippen molar-refractivity contribution in [1.29, 1.82) is 0 Å². The molecule has 4 aliphatic rings. The van der Waals surface area contributed by atoms with Crippen molar-refractivity contribution < 1.29 is 9.59 Å². The molecule has 0 unspecified atom stereocenters. The lowest BCUT2D eigenvalue weighted by Crippen LogP contribution is -2.48. The Kier molecular flexibility index (Phi) is 4.85. The third-order valence-corrected chi connectivity index (χ3v) is 8.29. The molecular formula is C23H29N3O2S. The fourth-order valence-corrected chi connectivity index (χ4v) is 7.52. The van der Waals surface area contributed by atoms with Crippen LogP contribution in [0.15, 0.2) is 24.3 Å². The minimum absolute atomic E-state index is 0.0497. The molecule has 0 spiro atoms. The summed E-state index contributed by atoms with van der Waals surface area (Å²) in [6, 6.07) is 8.00.